The number of carboxylic acid groups (broad SMARTS) is 1. The van der Waals surface area contributed by atoms with Crippen LogP contribution in [0.2, 0.25) is 5.02 Å². The molecule has 2 N–H and O–H groups in total. The summed E-state index contributed by atoms with van der Waals surface area (Å²) in [6, 6.07) is 1.73. The Morgan fingerprint density at radius 2 is 2.25 bits per heavy atom. The third kappa shape index (κ3) is 4.41. The van der Waals surface area contributed by atoms with E-state index in [1.54, 1.807) is 6.07 Å². The molecule has 1 heterocycles. The van der Waals surface area contributed by atoms with Gasteiger partial charge in [-0.25, -0.2) is 0 Å². The van der Waals surface area contributed by atoms with Crippen molar-refractivity contribution in [1.82, 2.24) is 0 Å². The molecule has 1 unspecified atom stereocenters. The molecule has 0 spiro atoms. The zero-order chi connectivity index (χ0) is 12.1. The van der Waals surface area contributed by atoms with Gasteiger partial charge in [-0.2, -0.15) is 0 Å². The number of hydrogen-bond acceptors (Lipinski definition) is 3. The molecule has 1 aromatic heterocycles. The second kappa shape index (κ2) is 6.59. The van der Waals surface area contributed by atoms with Crippen LogP contribution in [0.5, 0.6) is 0 Å². The van der Waals surface area contributed by atoms with Gasteiger partial charge in [-0.05, 0) is 41.3 Å². The zero-order valence-corrected chi connectivity index (χ0v) is 11.6. The molecular weight excluding hydrogens is 316 g/mol. The molecule has 0 aliphatic heterocycles. The van der Waals surface area contributed by atoms with Crippen LogP contribution in [0.3, 0.4) is 0 Å². The number of aliphatic hydroxyl groups is 1. The predicted octanol–water partition coefficient (Wildman–Crippen LogP) is 3.84. The predicted molar refractivity (Wildman–Crippen MR) is 68.1 cm³/mol. The maximum atomic E-state index is 10.3. The molecule has 1 atom stereocenters. The summed E-state index contributed by atoms with van der Waals surface area (Å²) in [7, 11) is 0. The van der Waals surface area contributed by atoms with Gasteiger partial charge in [0.1, 0.15) is 0 Å². The van der Waals surface area contributed by atoms with E-state index in [0.29, 0.717) is 24.3 Å². The summed E-state index contributed by atoms with van der Waals surface area (Å²) in [4.78, 5) is 11.1. The van der Waals surface area contributed by atoms with E-state index in [1.807, 2.05) is 0 Å². The Balaban J connectivity index is 2.35. The number of halogens is 2. The summed E-state index contributed by atoms with van der Waals surface area (Å²) in [6.45, 7) is 0. The quantitative estimate of drug-likeness (QED) is 0.780. The van der Waals surface area contributed by atoms with Crippen molar-refractivity contribution in [2.75, 3.05) is 0 Å². The van der Waals surface area contributed by atoms with E-state index < -0.39 is 12.1 Å². The Hall–Kier alpha value is -0.100. The van der Waals surface area contributed by atoms with Gasteiger partial charge in [0.05, 0.1) is 14.9 Å². The molecule has 0 aromatic carbocycles. The topological polar surface area (TPSA) is 57.5 Å². The van der Waals surface area contributed by atoms with Crippen LogP contribution in [0.25, 0.3) is 0 Å². The number of thiophene rings is 1. The van der Waals surface area contributed by atoms with E-state index in [0.717, 1.165) is 8.66 Å². The Bertz CT molecular complexity index is 347. The average Bonchev–Trinajstić information content (AvgIpc) is 2.54. The fourth-order valence-corrected chi connectivity index (χ4v) is 3.05. The van der Waals surface area contributed by atoms with Crippen molar-refractivity contribution in [1.29, 1.82) is 0 Å². The molecule has 3 nitrogen and oxygen atoms in total. The third-order valence-corrected chi connectivity index (χ3v) is 4.69. The first-order chi connectivity index (χ1) is 7.50. The lowest BCUT2D eigenvalue weighted by molar-refractivity contribution is -0.137. The minimum absolute atomic E-state index is 0.154. The molecule has 0 aliphatic carbocycles. The number of hydrogen-bond donors (Lipinski definition) is 2. The van der Waals surface area contributed by atoms with Gasteiger partial charge in [-0.15, -0.1) is 11.3 Å². The molecule has 1 rings (SSSR count). The molecule has 0 fully saturated rings. The lowest BCUT2D eigenvalue weighted by Crippen LogP contribution is -1.97. The lowest BCUT2D eigenvalue weighted by Gasteiger charge is -2.06. The molecule has 0 radical (unpaired) electrons. The van der Waals surface area contributed by atoms with Crippen LogP contribution >= 0.6 is 38.9 Å². The number of rotatable bonds is 6. The zero-order valence-electron chi connectivity index (χ0n) is 8.45. The smallest absolute Gasteiger partial charge is 0.303 e. The molecule has 0 aliphatic rings. The van der Waals surface area contributed by atoms with Gasteiger partial charge in [-0.1, -0.05) is 11.6 Å². The van der Waals surface area contributed by atoms with Gasteiger partial charge in [-0.3, -0.25) is 4.79 Å². The van der Waals surface area contributed by atoms with Crippen molar-refractivity contribution in [2.45, 2.75) is 31.8 Å². The van der Waals surface area contributed by atoms with Gasteiger partial charge < -0.3 is 10.2 Å². The fourth-order valence-electron chi connectivity index (χ4n) is 1.28. The van der Waals surface area contributed by atoms with E-state index >= 15 is 0 Å². The number of aliphatic hydroxyl groups excluding tert-OH is 1. The fraction of sp³-hybridized carbons (Fsp3) is 0.500. The number of aliphatic carboxylic acids is 1. The molecule has 0 saturated heterocycles. The maximum Gasteiger partial charge on any atom is 0.303 e. The summed E-state index contributed by atoms with van der Waals surface area (Å²) in [6.07, 6.45) is 1.45. The van der Waals surface area contributed by atoms with Crippen molar-refractivity contribution in [3.63, 3.8) is 0 Å². The van der Waals surface area contributed by atoms with Gasteiger partial charge in [0.15, 0.2) is 0 Å². The Morgan fingerprint density at radius 1 is 1.56 bits per heavy atom. The minimum Gasteiger partial charge on any atom is -0.481 e. The van der Waals surface area contributed by atoms with Crippen LogP contribution in [0.1, 0.15) is 36.7 Å². The SMILES string of the molecule is O=C(O)CCCCC(O)c1cc(Cl)c(Br)s1. The van der Waals surface area contributed by atoms with Crippen LogP contribution in [0.15, 0.2) is 9.85 Å². The maximum absolute atomic E-state index is 10.3. The second-order valence-corrected chi connectivity index (χ2v) is 6.23. The molecule has 6 heteroatoms. The molecular formula is C10H12BrClO3S. The van der Waals surface area contributed by atoms with Crippen molar-refractivity contribution < 1.29 is 15.0 Å². The molecule has 1 aromatic rings. The Morgan fingerprint density at radius 3 is 2.75 bits per heavy atom. The first-order valence-electron chi connectivity index (χ1n) is 4.85. The Kier molecular flexibility index (Phi) is 5.75. The third-order valence-electron chi connectivity index (χ3n) is 2.11. The monoisotopic (exact) mass is 326 g/mol. The van der Waals surface area contributed by atoms with Gasteiger partial charge in [0.2, 0.25) is 0 Å². The van der Waals surface area contributed by atoms with Crippen molar-refractivity contribution in [2.24, 2.45) is 0 Å². The van der Waals surface area contributed by atoms with Gasteiger partial charge >= 0.3 is 5.97 Å². The molecule has 0 bridgehead atoms. The number of carbonyl (C=O) groups is 1. The van der Waals surface area contributed by atoms with Crippen molar-refractivity contribution in [3.8, 4) is 0 Å². The highest BCUT2D eigenvalue weighted by Crippen LogP contribution is 2.36. The second-order valence-electron chi connectivity index (χ2n) is 3.43. The van der Waals surface area contributed by atoms with Crippen molar-refractivity contribution >= 4 is 44.8 Å². The first kappa shape index (κ1) is 14.0. The van der Waals surface area contributed by atoms with E-state index in [4.69, 9.17) is 16.7 Å². The molecule has 90 valence electrons. The first-order valence-corrected chi connectivity index (χ1v) is 6.84. The highest BCUT2D eigenvalue weighted by atomic mass is 79.9. The summed E-state index contributed by atoms with van der Waals surface area (Å²) in [5.74, 6) is -0.795. The Labute approximate surface area is 111 Å². The highest BCUT2D eigenvalue weighted by Gasteiger charge is 2.13. The van der Waals surface area contributed by atoms with Gasteiger partial charge in [0, 0.05) is 11.3 Å². The standard InChI is InChI=1S/C10H12BrClO3S/c11-10-6(12)5-8(16-10)7(13)3-1-2-4-9(14)15/h5,7,13H,1-4H2,(H,14,15). The number of carboxylic acids is 1. The van der Waals surface area contributed by atoms with E-state index in [2.05, 4.69) is 15.9 Å². The summed E-state index contributed by atoms with van der Waals surface area (Å²) in [5.41, 5.74) is 0. The largest absolute Gasteiger partial charge is 0.481 e. The van der Waals surface area contributed by atoms with Crippen molar-refractivity contribution in [3.05, 3.63) is 19.8 Å². The van der Waals surface area contributed by atoms with Crippen LogP contribution in [0.4, 0.5) is 0 Å². The van der Waals surface area contributed by atoms with Crippen LogP contribution < -0.4 is 0 Å². The molecule has 0 saturated carbocycles. The summed E-state index contributed by atoms with van der Waals surface area (Å²) >= 11 is 10.5. The lowest BCUT2D eigenvalue weighted by atomic mass is 10.1. The number of unbranched alkanes of at least 4 members (excludes halogenated alkanes) is 1. The summed E-state index contributed by atoms with van der Waals surface area (Å²) < 4.78 is 0.814. The van der Waals surface area contributed by atoms with E-state index in [9.17, 15) is 9.90 Å². The molecule has 16 heavy (non-hydrogen) atoms. The van der Waals surface area contributed by atoms with Crippen LogP contribution in [-0.2, 0) is 4.79 Å². The molecule has 0 amide bonds. The minimum atomic E-state index is -0.795. The van der Waals surface area contributed by atoms with Crippen LogP contribution in [0, 0.1) is 0 Å². The van der Waals surface area contributed by atoms with E-state index in [1.165, 1.54) is 11.3 Å². The average molecular weight is 328 g/mol. The van der Waals surface area contributed by atoms with E-state index in [-0.39, 0.29) is 6.42 Å². The highest BCUT2D eigenvalue weighted by molar-refractivity contribution is 9.11. The normalized spacial score (nSPS) is 12.7. The van der Waals surface area contributed by atoms with Crippen LogP contribution in [-0.4, -0.2) is 16.2 Å². The summed E-state index contributed by atoms with van der Waals surface area (Å²) in [5, 5.41) is 18.9. The van der Waals surface area contributed by atoms with Gasteiger partial charge in [0.25, 0.3) is 0 Å².